The van der Waals surface area contributed by atoms with Crippen LogP contribution in [0.1, 0.15) is 31.8 Å². The molecule has 3 rings (SSSR count). The number of amides is 2. The number of nitrogens with zero attached hydrogens (tertiary/aromatic N) is 1. The minimum absolute atomic E-state index is 0.102. The van der Waals surface area contributed by atoms with Crippen LogP contribution in [-0.2, 0) is 0 Å². The van der Waals surface area contributed by atoms with Crippen LogP contribution in [0.15, 0.2) is 66.7 Å². The molecule has 0 fully saturated rings. The number of hydrogen-bond acceptors (Lipinski definition) is 4. The Morgan fingerprint density at radius 3 is 2.17 bits per heavy atom. The third-order valence-corrected chi connectivity index (χ3v) is 4.40. The molecule has 0 bridgehead atoms. The van der Waals surface area contributed by atoms with Crippen LogP contribution >= 0.6 is 0 Å². The van der Waals surface area contributed by atoms with E-state index in [1.54, 1.807) is 24.3 Å². The van der Waals surface area contributed by atoms with Gasteiger partial charge in [-0.25, -0.2) is 0 Å². The van der Waals surface area contributed by atoms with Gasteiger partial charge >= 0.3 is 0 Å². The second-order valence-electron chi connectivity index (χ2n) is 6.58. The molecule has 0 saturated heterocycles. The smallest absolute Gasteiger partial charge is 0.269 e. The summed E-state index contributed by atoms with van der Waals surface area (Å²) in [5, 5.41) is 16.3. The van der Waals surface area contributed by atoms with E-state index in [-0.39, 0.29) is 17.2 Å². The van der Waals surface area contributed by atoms with Crippen LogP contribution in [0.2, 0.25) is 0 Å². The first kappa shape index (κ1) is 19.8. The summed E-state index contributed by atoms with van der Waals surface area (Å²) in [4.78, 5) is 35.5. The molecule has 0 saturated carbocycles. The number of nitro benzene ring substituents is 1. The number of nitro groups is 1. The van der Waals surface area contributed by atoms with Crippen molar-refractivity contribution in [3.05, 3.63) is 99.1 Å². The van der Waals surface area contributed by atoms with E-state index in [2.05, 4.69) is 10.6 Å². The summed E-state index contributed by atoms with van der Waals surface area (Å²) in [5.74, 6) is -0.815. The predicted molar refractivity (Wildman–Crippen MR) is 111 cm³/mol. The van der Waals surface area contributed by atoms with Crippen LogP contribution in [0.3, 0.4) is 0 Å². The Balaban J connectivity index is 1.81. The lowest BCUT2D eigenvalue weighted by molar-refractivity contribution is -0.384. The van der Waals surface area contributed by atoms with Crippen LogP contribution in [0.5, 0.6) is 0 Å². The van der Waals surface area contributed by atoms with E-state index in [0.29, 0.717) is 16.9 Å². The number of aryl methyl sites for hydroxylation is 2. The quantitative estimate of drug-likeness (QED) is 0.487. The highest BCUT2D eigenvalue weighted by Crippen LogP contribution is 2.21. The minimum Gasteiger partial charge on any atom is -0.322 e. The minimum atomic E-state index is -0.533. The zero-order valence-electron chi connectivity index (χ0n) is 15.9. The molecule has 0 spiro atoms. The van der Waals surface area contributed by atoms with E-state index in [1.807, 2.05) is 32.0 Å². The van der Waals surface area contributed by atoms with Crippen molar-refractivity contribution in [1.29, 1.82) is 0 Å². The van der Waals surface area contributed by atoms with E-state index >= 15 is 0 Å². The molecule has 2 amide bonds. The zero-order valence-corrected chi connectivity index (χ0v) is 15.9. The molecule has 0 aliphatic rings. The second-order valence-corrected chi connectivity index (χ2v) is 6.58. The lowest BCUT2D eigenvalue weighted by Gasteiger charge is -2.13. The summed E-state index contributed by atoms with van der Waals surface area (Å²) in [7, 11) is 0. The van der Waals surface area contributed by atoms with Crippen LogP contribution in [0, 0.1) is 24.0 Å². The second kappa shape index (κ2) is 8.35. The summed E-state index contributed by atoms with van der Waals surface area (Å²) < 4.78 is 0. The Morgan fingerprint density at radius 2 is 1.48 bits per heavy atom. The summed E-state index contributed by atoms with van der Waals surface area (Å²) >= 11 is 0. The van der Waals surface area contributed by atoms with Gasteiger partial charge in [-0.15, -0.1) is 0 Å². The fourth-order valence-corrected chi connectivity index (χ4v) is 2.78. The van der Waals surface area contributed by atoms with E-state index in [9.17, 15) is 19.7 Å². The van der Waals surface area contributed by atoms with Gasteiger partial charge in [0.25, 0.3) is 17.5 Å². The summed E-state index contributed by atoms with van der Waals surface area (Å²) in [6, 6.07) is 17.7. The van der Waals surface area contributed by atoms with Crippen molar-refractivity contribution in [2.45, 2.75) is 13.8 Å². The third kappa shape index (κ3) is 4.65. The van der Waals surface area contributed by atoms with Gasteiger partial charge in [-0.2, -0.15) is 0 Å². The summed E-state index contributed by atoms with van der Waals surface area (Å²) in [6.07, 6.45) is 0. The van der Waals surface area contributed by atoms with Crippen LogP contribution in [-0.4, -0.2) is 16.7 Å². The lowest BCUT2D eigenvalue weighted by Crippen LogP contribution is -2.18. The van der Waals surface area contributed by atoms with Crippen molar-refractivity contribution in [2.75, 3.05) is 10.6 Å². The fourth-order valence-electron chi connectivity index (χ4n) is 2.78. The average Bonchev–Trinajstić information content (AvgIpc) is 2.71. The molecule has 0 radical (unpaired) electrons. The Bertz CT molecular complexity index is 1090. The fraction of sp³-hybridized carbons (Fsp3) is 0.0909. The number of carbonyl (C=O) groups is 2. The highest BCUT2D eigenvalue weighted by Gasteiger charge is 2.16. The Kier molecular flexibility index (Phi) is 5.69. The van der Waals surface area contributed by atoms with Crippen LogP contribution in [0.4, 0.5) is 17.1 Å². The van der Waals surface area contributed by atoms with Gasteiger partial charge in [-0.05, 0) is 55.3 Å². The van der Waals surface area contributed by atoms with Gasteiger partial charge in [0.15, 0.2) is 0 Å². The Labute approximate surface area is 167 Å². The van der Waals surface area contributed by atoms with Crippen molar-refractivity contribution < 1.29 is 14.5 Å². The third-order valence-electron chi connectivity index (χ3n) is 4.40. The maximum Gasteiger partial charge on any atom is 0.269 e. The van der Waals surface area contributed by atoms with E-state index < -0.39 is 10.8 Å². The van der Waals surface area contributed by atoms with Crippen LogP contribution < -0.4 is 10.6 Å². The normalized spacial score (nSPS) is 10.3. The monoisotopic (exact) mass is 389 g/mol. The first-order valence-electron chi connectivity index (χ1n) is 8.88. The molecule has 0 aliphatic carbocycles. The maximum atomic E-state index is 12.8. The highest BCUT2D eigenvalue weighted by molar-refractivity contribution is 6.12. The number of para-hydroxylation sites is 1. The standard InChI is InChI=1S/C22H19N3O4/c1-14-7-8-15(2)20(13-14)24-22(27)18-5-3-4-6-19(18)23-21(26)16-9-11-17(12-10-16)25(28)29/h3-13H,1-2H3,(H,23,26)(H,24,27). The predicted octanol–water partition coefficient (Wildman–Crippen LogP) is 4.72. The van der Waals surface area contributed by atoms with Gasteiger partial charge in [0.1, 0.15) is 0 Å². The first-order valence-corrected chi connectivity index (χ1v) is 8.88. The highest BCUT2D eigenvalue weighted by atomic mass is 16.6. The van der Waals surface area contributed by atoms with Crippen LogP contribution in [0.25, 0.3) is 0 Å². The number of carbonyl (C=O) groups excluding carboxylic acids is 2. The number of rotatable bonds is 5. The van der Waals surface area contributed by atoms with Gasteiger partial charge in [-0.1, -0.05) is 24.3 Å². The lowest BCUT2D eigenvalue weighted by atomic mass is 10.1. The number of non-ortho nitro benzene ring substituents is 1. The van der Waals surface area contributed by atoms with E-state index in [4.69, 9.17) is 0 Å². The molecule has 3 aromatic carbocycles. The van der Waals surface area contributed by atoms with Gasteiger partial charge in [0.05, 0.1) is 16.2 Å². The zero-order chi connectivity index (χ0) is 21.0. The van der Waals surface area contributed by atoms with Crippen molar-refractivity contribution in [1.82, 2.24) is 0 Å². The molecule has 7 heteroatoms. The SMILES string of the molecule is Cc1ccc(C)c(NC(=O)c2ccccc2NC(=O)c2ccc([N+](=O)[O-])cc2)c1. The molecule has 29 heavy (non-hydrogen) atoms. The molecular weight excluding hydrogens is 370 g/mol. The Hall–Kier alpha value is -4.00. The molecule has 0 heterocycles. The van der Waals surface area contributed by atoms with Gasteiger partial charge in [0.2, 0.25) is 0 Å². The Morgan fingerprint density at radius 1 is 0.828 bits per heavy atom. The molecule has 0 aromatic heterocycles. The molecule has 0 aliphatic heterocycles. The van der Waals surface area contributed by atoms with Crippen molar-refractivity contribution in [2.24, 2.45) is 0 Å². The summed E-state index contributed by atoms with van der Waals surface area (Å²) in [6.45, 7) is 3.84. The van der Waals surface area contributed by atoms with Gasteiger partial charge in [0, 0.05) is 23.4 Å². The average molecular weight is 389 g/mol. The van der Waals surface area contributed by atoms with E-state index in [1.165, 1.54) is 24.3 Å². The number of benzene rings is 3. The largest absolute Gasteiger partial charge is 0.322 e. The number of nitrogens with one attached hydrogen (secondary N) is 2. The van der Waals surface area contributed by atoms with Gasteiger partial charge < -0.3 is 10.6 Å². The van der Waals surface area contributed by atoms with Crippen molar-refractivity contribution in [3.8, 4) is 0 Å². The topological polar surface area (TPSA) is 101 Å². The first-order chi connectivity index (χ1) is 13.8. The maximum absolute atomic E-state index is 12.8. The molecule has 7 nitrogen and oxygen atoms in total. The van der Waals surface area contributed by atoms with Gasteiger partial charge in [-0.3, -0.25) is 19.7 Å². The molecule has 0 atom stereocenters. The molecule has 2 N–H and O–H groups in total. The molecular formula is C22H19N3O4. The van der Waals surface area contributed by atoms with Crippen molar-refractivity contribution >= 4 is 28.9 Å². The molecule has 3 aromatic rings. The number of anilines is 2. The molecule has 0 unspecified atom stereocenters. The summed E-state index contributed by atoms with van der Waals surface area (Å²) in [5.41, 5.74) is 3.45. The van der Waals surface area contributed by atoms with E-state index in [0.717, 1.165) is 11.1 Å². The number of hydrogen-bond donors (Lipinski definition) is 2. The van der Waals surface area contributed by atoms with Crippen molar-refractivity contribution in [3.63, 3.8) is 0 Å². The molecule has 146 valence electrons.